The second kappa shape index (κ2) is 5.92. The van der Waals surface area contributed by atoms with Crippen LogP contribution in [0.3, 0.4) is 0 Å². The summed E-state index contributed by atoms with van der Waals surface area (Å²) in [4.78, 5) is 40.3. The number of nitrogens with zero attached hydrogens (tertiary/aromatic N) is 3. The molecule has 0 saturated carbocycles. The van der Waals surface area contributed by atoms with Gasteiger partial charge in [-0.1, -0.05) is 0 Å². The Morgan fingerprint density at radius 1 is 1.46 bits per heavy atom. The number of ether oxygens (including phenoxy) is 2. The van der Waals surface area contributed by atoms with Crippen molar-refractivity contribution in [2.24, 2.45) is 0 Å². The standard InChI is InChI=1S/C11H16N5O7P/c1-4-6(23-24(18,19)20)7(21-2)10(22-4)16-3-13-5-8(16)14-11(12)15-9(5)17/h3-4,6-7,10H,1-2H3,(H2,18,19,20)(H3,12,14,15,17)/t4-,6-,7-,10-/m1/s1. The molecule has 0 radical (unpaired) electrons. The van der Waals surface area contributed by atoms with Gasteiger partial charge in [0.25, 0.3) is 5.56 Å². The highest BCUT2D eigenvalue weighted by atomic mass is 31.2. The Labute approximate surface area is 134 Å². The van der Waals surface area contributed by atoms with Gasteiger partial charge in [-0.2, -0.15) is 4.98 Å². The lowest BCUT2D eigenvalue weighted by molar-refractivity contribution is -0.0469. The third-order valence-electron chi connectivity index (χ3n) is 3.68. The highest BCUT2D eigenvalue weighted by molar-refractivity contribution is 7.46. The van der Waals surface area contributed by atoms with Crippen LogP contribution in [0.25, 0.3) is 11.2 Å². The molecule has 1 fully saturated rings. The zero-order chi connectivity index (χ0) is 17.6. The van der Waals surface area contributed by atoms with Crippen LogP contribution in [0.4, 0.5) is 5.95 Å². The second-order valence-corrected chi connectivity index (χ2v) is 6.46. The minimum atomic E-state index is -4.75. The number of aromatic nitrogens is 4. The molecule has 1 aliphatic rings. The topological polar surface area (TPSA) is 175 Å². The number of anilines is 1. The Bertz CT molecular complexity index is 860. The summed E-state index contributed by atoms with van der Waals surface area (Å²) in [6.07, 6.45) is -2.13. The number of H-pyrrole nitrogens is 1. The van der Waals surface area contributed by atoms with Gasteiger partial charge in [0.1, 0.15) is 12.2 Å². The zero-order valence-electron chi connectivity index (χ0n) is 12.7. The van der Waals surface area contributed by atoms with Crippen molar-refractivity contribution in [2.75, 3.05) is 12.8 Å². The second-order valence-electron chi connectivity index (χ2n) is 5.27. The summed E-state index contributed by atoms with van der Waals surface area (Å²) >= 11 is 0. The summed E-state index contributed by atoms with van der Waals surface area (Å²) < 4.78 is 28.3. The monoisotopic (exact) mass is 361 g/mol. The van der Waals surface area contributed by atoms with Gasteiger partial charge in [-0.05, 0) is 6.92 Å². The van der Waals surface area contributed by atoms with E-state index >= 15 is 0 Å². The number of phosphoric ester groups is 1. The van der Waals surface area contributed by atoms with Gasteiger partial charge in [0, 0.05) is 7.11 Å². The van der Waals surface area contributed by atoms with E-state index < -0.39 is 37.9 Å². The number of imidazole rings is 1. The molecule has 0 amide bonds. The molecule has 0 aliphatic carbocycles. The Morgan fingerprint density at radius 3 is 2.79 bits per heavy atom. The lowest BCUT2D eigenvalue weighted by Crippen LogP contribution is -2.34. The Balaban J connectivity index is 2.03. The molecule has 3 heterocycles. The van der Waals surface area contributed by atoms with Gasteiger partial charge in [0.05, 0.1) is 12.4 Å². The highest BCUT2D eigenvalue weighted by Crippen LogP contribution is 2.44. The minimum Gasteiger partial charge on any atom is -0.374 e. The van der Waals surface area contributed by atoms with Crippen molar-refractivity contribution >= 4 is 24.9 Å². The summed E-state index contributed by atoms with van der Waals surface area (Å²) in [6, 6.07) is 0. The van der Waals surface area contributed by atoms with Gasteiger partial charge in [0.2, 0.25) is 5.95 Å². The van der Waals surface area contributed by atoms with Crippen molar-refractivity contribution in [1.82, 2.24) is 19.5 Å². The molecule has 2 aromatic rings. The van der Waals surface area contributed by atoms with Crippen molar-refractivity contribution in [3.8, 4) is 0 Å². The molecule has 0 spiro atoms. The summed E-state index contributed by atoms with van der Waals surface area (Å²) in [7, 11) is -3.40. The fourth-order valence-corrected chi connectivity index (χ4v) is 3.32. The number of fused-ring (bicyclic) bond motifs is 1. The lowest BCUT2D eigenvalue weighted by atomic mass is 10.1. The number of methoxy groups -OCH3 is 1. The average Bonchev–Trinajstić information content (AvgIpc) is 2.99. The third kappa shape index (κ3) is 2.95. The number of hydrogen-bond acceptors (Lipinski definition) is 8. The molecule has 12 nitrogen and oxygen atoms in total. The van der Waals surface area contributed by atoms with Crippen LogP contribution < -0.4 is 11.3 Å². The van der Waals surface area contributed by atoms with Gasteiger partial charge >= 0.3 is 7.82 Å². The van der Waals surface area contributed by atoms with Crippen LogP contribution in [0.1, 0.15) is 13.2 Å². The molecule has 0 aromatic carbocycles. The van der Waals surface area contributed by atoms with Crippen LogP contribution in [0.5, 0.6) is 0 Å². The molecular weight excluding hydrogens is 345 g/mol. The van der Waals surface area contributed by atoms with E-state index in [1.807, 2.05) is 0 Å². The molecule has 132 valence electrons. The van der Waals surface area contributed by atoms with E-state index in [2.05, 4.69) is 15.0 Å². The summed E-state index contributed by atoms with van der Waals surface area (Å²) in [5.41, 5.74) is 5.24. The van der Waals surface area contributed by atoms with E-state index in [4.69, 9.17) is 29.5 Å². The van der Waals surface area contributed by atoms with Crippen LogP contribution >= 0.6 is 7.82 Å². The molecule has 1 saturated heterocycles. The average molecular weight is 361 g/mol. The molecule has 4 atom stereocenters. The Hall–Kier alpha value is -1.82. The van der Waals surface area contributed by atoms with Crippen LogP contribution in [0, 0.1) is 0 Å². The quantitative estimate of drug-likeness (QED) is 0.500. The predicted octanol–water partition coefficient (Wildman–Crippen LogP) is -0.888. The fourth-order valence-electron chi connectivity index (χ4n) is 2.71. The van der Waals surface area contributed by atoms with Crippen LogP contribution in [-0.2, 0) is 18.6 Å². The molecule has 3 rings (SSSR count). The zero-order valence-corrected chi connectivity index (χ0v) is 13.6. The molecule has 0 bridgehead atoms. The summed E-state index contributed by atoms with van der Waals surface area (Å²) in [5, 5.41) is 0. The van der Waals surface area contributed by atoms with E-state index in [-0.39, 0.29) is 17.1 Å². The highest BCUT2D eigenvalue weighted by Gasteiger charge is 2.48. The van der Waals surface area contributed by atoms with Crippen molar-refractivity contribution in [2.45, 2.75) is 31.5 Å². The first-order valence-electron chi connectivity index (χ1n) is 6.86. The number of rotatable bonds is 4. The van der Waals surface area contributed by atoms with E-state index in [9.17, 15) is 9.36 Å². The maximum atomic E-state index is 11.8. The van der Waals surface area contributed by atoms with E-state index in [1.165, 1.54) is 18.0 Å². The SMILES string of the molecule is CO[C@@H]1[C@H](OP(=O)(O)O)[C@@H](C)O[C@H]1n1cnc2c(=O)[nH]c(N)nc21. The number of phosphoric acid groups is 1. The maximum Gasteiger partial charge on any atom is 0.470 e. The molecule has 2 aromatic heterocycles. The van der Waals surface area contributed by atoms with Gasteiger partial charge in [-0.25, -0.2) is 9.55 Å². The molecule has 5 N–H and O–H groups in total. The van der Waals surface area contributed by atoms with Crippen LogP contribution in [0.2, 0.25) is 0 Å². The fraction of sp³-hybridized carbons (Fsp3) is 0.545. The number of hydrogen-bond donors (Lipinski definition) is 4. The normalized spacial score (nSPS) is 27.8. The van der Waals surface area contributed by atoms with Crippen molar-refractivity contribution < 1.29 is 28.3 Å². The van der Waals surface area contributed by atoms with E-state index in [1.54, 1.807) is 6.92 Å². The predicted molar refractivity (Wildman–Crippen MR) is 79.9 cm³/mol. The smallest absolute Gasteiger partial charge is 0.374 e. The van der Waals surface area contributed by atoms with Crippen molar-refractivity contribution in [3.63, 3.8) is 0 Å². The number of aromatic amines is 1. The van der Waals surface area contributed by atoms with Gasteiger partial charge in [0.15, 0.2) is 17.4 Å². The molecular formula is C11H16N5O7P. The van der Waals surface area contributed by atoms with E-state index in [0.717, 1.165) is 0 Å². The Kier molecular flexibility index (Phi) is 4.20. The third-order valence-corrected chi connectivity index (χ3v) is 4.20. The first-order chi connectivity index (χ1) is 11.2. The maximum absolute atomic E-state index is 11.8. The van der Waals surface area contributed by atoms with Crippen LogP contribution in [0.15, 0.2) is 11.1 Å². The molecule has 24 heavy (non-hydrogen) atoms. The first kappa shape index (κ1) is 17.0. The van der Waals surface area contributed by atoms with E-state index in [0.29, 0.717) is 0 Å². The minimum absolute atomic E-state index is 0.0506. The van der Waals surface area contributed by atoms with Gasteiger partial charge in [-0.15, -0.1) is 0 Å². The molecule has 0 unspecified atom stereocenters. The first-order valence-corrected chi connectivity index (χ1v) is 8.39. The number of nitrogens with one attached hydrogen (secondary N) is 1. The van der Waals surface area contributed by atoms with Crippen molar-refractivity contribution in [3.05, 3.63) is 16.7 Å². The summed E-state index contributed by atoms with van der Waals surface area (Å²) in [6.45, 7) is 1.58. The van der Waals surface area contributed by atoms with Gasteiger partial charge < -0.3 is 25.0 Å². The summed E-state index contributed by atoms with van der Waals surface area (Å²) in [5.74, 6) is -0.0997. The van der Waals surface area contributed by atoms with Crippen molar-refractivity contribution in [1.29, 1.82) is 0 Å². The largest absolute Gasteiger partial charge is 0.470 e. The number of nitrogens with two attached hydrogens (primary N) is 1. The molecule has 13 heteroatoms. The van der Waals surface area contributed by atoms with Gasteiger partial charge in [-0.3, -0.25) is 18.9 Å². The Morgan fingerprint density at radius 2 is 2.17 bits per heavy atom. The number of nitrogen functional groups attached to an aromatic ring is 1. The molecule has 1 aliphatic heterocycles. The van der Waals surface area contributed by atoms with Crippen LogP contribution in [-0.4, -0.2) is 54.7 Å². The lowest BCUT2D eigenvalue weighted by Gasteiger charge is -2.23.